The number of hydrogen-bond donors (Lipinski definition) is 1. The van der Waals surface area contributed by atoms with E-state index in [1.54, 1.807) is 4.68 Å². The molecule has 2 aromatic heterocycles. The van der Waals surface area contributed by atoms with Crippen molar-refractivity contribution >= 4 is 0 Å². The molecule has 2 rings (SSSR count). The van der Waals surface area contributed by atoms with E-state index < -0.39 is 0 Å². The fourth-order valence-electron chi connectivity index (χ4n) is 2.26. The Kier molecular flexibility index (Phi) is 4.31. The summed E-state index contributed by atoms with van der Waals surface area (Å²) in [6, 6.07) is 0. The van der Waals surface area contributed by atoms with Crippen LogP contribution in [0.3, 0.4) is 0 Å². The maximum absolute atomic E-state index is 4.61. The van der Waals surface area contributed by atoms with Crippen LogP contribution in [0, 0.1) is 13.8 Å². The first-order valence-electron chi connectivity index (χ1n) is 6.70. The highest BCUT2D eigenvalue weighted by Crippen LogP contribution is 2.14. The maximum atomic E-state index is 4.61. The fraction of sp³-hybridized carbons (Fsp3) is 0.615. The highest BCUT2D eigenvalue weighted by Gasteiger charge is 2.12. The smallest absolute Gasteiger partial charge is 0.104 e. The van der Waals surface area contributed by atoms with Crippen molar-refractivity contribution in [2.75, 3.05) is 13.1 Å². The quantitative estimate of drug-likeness (QED) is 0.783. The van der Waals surface area contributed by atoms with Crippen LogP contribution < -0.4 is 5.32 Å². The first-order valence-corrected chi connectivity index (χ1v) is 6.70. The molecule has 0 aliphatic heterocycles. The van der Waals surface area contributed by atoms with Crippen molar-refractivity contribution in [3.63, 3.8) is 0 Å². The Morgan fingerprint density at radius 2 is 2.11 bits per heavy atom. The molecular formula is C13H22N6. The second-order valence-corrected chi connectivity index (χ2v) is 4.79. The van der Waals surface area contributed by atoms with Gasteiger partial charge in [-0.15, -0.1) is 5.10 Å². The molecule has 0 radical (unpaired) electrons. The van der Waals surface area contributed by atoms with Crippen molar-refractivity contribution in [2.45, 2.75) is 33.7 Å². The van der Waals surface area contributed by atoms with Crippen LogP contribution in [0.25, 0.3) is 0 Å². The summed E-state index contributed by atoms with van der Waals surface area (Å²) in [6.45, 7) is 9.00. The average Bonchev–Trinajstić information content (AvgIpc) is 2.88. The van der Waals surface area contributed by atoms with Crippen LogP contribution in [-0.2, 0) is 20.0 Å². The van der Waals surface area contributed by atoms with Gasteiger partial charge in [0.05, 0.1) is 12.2 Å². The summed E-state index contributed by atoms with van der Waals surface area (Å²) in [4.78, 5) is 0. The predicted octanol–water partition coefficient (Wildman–Crippen LogP) is 0.829. The minimum absolute atomic E-state index is 0.682. The molecule has 2 heterocycles. The van der Waals surface area contributed by atoms with E-state index in [1.165, 1.54) is 11.3 Å². The number of aryl methyl sites for hydroxylation is 2. The number of hydrogen-bond acceptors (Lipinski definition) is 4. The number of aromatic nitrogens is 5. The van der Waals surface area contributed by atoms with E-state index in [0.29, 0.717) is 6.54 Å². The van der Waals surface area contributed by atoms with Gasteiger partial charge in [-0.2, -0.15) is 5.10 Å². The number of rotatable bonds is 6. The zero-order valence-corrected chi connectivity index (χ0v) is 12.1. The van der Waals surface area contributed by atoms with Gasteiger partial charge >= 0.3 is 0 Å². The molecule has 6 heteroatoms. The third-order valence-corrected chi connectivity index (χ3v) is 3.30. The lowest BCUT2D eigenvalue weighted by Gasteiger charge is -2.04. The third-order valence-electron chi connectivity index (χ3n) is 3.30. The molecule has 0 fully saturated rings. The van der Waals surface area contributed by atoms with Crippen molar-refractivity contribution in [1.82, 2.24) is 30.1 Å². The van der Waals surface area contributed by atoms with E-state index in [9.17, 15) is 0 Å². The van der Waals surface area contributed by atoms with Gasteiger partial charge in [-0.3, -0.25) is 9.36 Å². The van der Waals surface area contributed by atoms with Gasteiger partial charge in [0.1, 0.15) is 5.69 Å². The van der Waals surface area contributed by atoms with E-state index >= 15 is 0 Å². The lowest BCUT2D eigenvalue weighted by molar-refractivity contribution is 0.642. The Bertz CT molecular complexity index is 539. The summed E-state index contributed by atoms with van der Waals surface area (Å²) in [5, 5.41) is 16.0. The Labute approximate surface area is 113 Å². The van der Waals surface area contributed by atoms with Gasteiger partial charge in [-0.05, 0) is 38.9 Å². The van der Waals surface area contributed by atoms with Crippen molar-refractivity contribution in [3.05, 3.63) is 28.8 Å². The van der Waals surface area contributed by atoms with Crippen LogP contribution >= 0.6 is 0 Å². The number of likely N-dealkylation sites (N-methyl/N-ethyl adjacent to an activating group) is 1. The summed E-state index contributed by atoms with van der Waals surface area (Å²) >= 11 is 0. The molecule has 0 aliphatic rings. The first-order chi connectivity index (χ1) is 9.11. The standard InChI is InChI=1S/C13H22N6/c1-5-14-7-6-13-10(2)16-19(11(13)3)9-12-8-18(4)17-15-12/h8,14H,5-7,9H2,1-4H3. The first kappa shape index (κ1) is 13.7. The summed E-state index contributed by atoms with van der Waals surface area (Å²) in [6.07, 6.45) is 2.95. The van der Waals surface area contributed by atoms with Gasteiger partial charge in [0, 0.05) is 18.9 Å². The van der Waals surface area contributed by atoms with Gasteiger partial charge in [-0.25, -0.2) is 0 Å². The Morgan fingerprint density at radius 1 is 1.32 bits per heavy atom. The minimum Gasteiger partial charge on any atom is -0.317 e. The molecule has 6 nitrogen and oxygen atoms in total. The normalized spacial score (nSPS) is 11.2. The van der Waals surface area contributed by atoms with Gasteiger partial charge in [0.25, 0.3) is 0 Å². The van der Waals surface area contributed by atoms with Crippen molar-refractivity contribution in [2.24, 2.45) is 7.05 Å². The van der Waals surface area contributed by atoms with Crippen LogP contribution in [0.1, 0.15) is 29.6 Å². The minimum atomic E-state index is 0.682. The molecule has 104 valence electrons. The molecule has 2 aromatic rings. The van der Waals surface area contributed by atoms with Crippen LogP contribution in [0.2, 0.25) is 0 Å². The summed E-state index contributed by atoms with van der Waals surface area (Å²) in [5.41, 5.74) is 4.61. The largest absolute Gasteiger partial charge is 0.317 e. The van der Waals surface area contributed by atoms with Gasteiger partial charge < -0.3 is 5.32 Å². The SMILES string of the molecule is CCNCCc1c(C)nn(Cc2cn(C)nn2)c1C. The summed E-state index contributed by atoms with van der Waals surface area (Å²) in [5.74, 6) is 0. The lowest BCUT2D eigenvalue weighted by atomic mass is 10.1. The molecule has 0 aromatic carbocycles. The molecule has 0 saturated carbocycles. The van der Waals surface area contributed by atoms with Gasteiger partial charge in [0.15, 0.2) is 0 Å². The second-order valence-electron chi connectivity index (χ2n) is 4.79. The van der Waals surface area contributed by atoms with Crippen molar-refractivity contribution in [3.8, 4) is 0 Å². The number of nitrogens with one attached hydrogen (secondary N) is 1. The van der Waals surface area contributed by atoms with Gasteiger partial charge in [-0.1, -0.05) is 12.1 Å². The highest BCUT2D eigenvalue weighted by molar-refractivity contribution is 5.25. The Morgan fingerprint density at radius 3 is 2.74 bits per heavy atom. The van der Waals surface area contributed by atoms with Crippen molar-refractivity contribution in [1.29, 1.82) is 0 Å². The Balaban J connectivity index is 2.11. The molecule has 0 aliphatic carbocycles. The average molecular weight is 262 g/mol. The van der Waals surface area contributed by atoms with E-state index in [1.807, 2.05) is 17.9 Å². The van der Waals surface area contributed by atoms with E-state index in [-0.39, 0.29) is 0 Å². The maximum Gasteiger partial charge on any atom is 0.104 e. The topological polar surface area (TPSA) is 60.6 Å². The fourth-order valence-corrected chi connectivity index (χ4v) is 2.26. The Hall–Kier alpha value is -1.69. The zero-order chi connectivity index (χ0) is 13.8. The molecule has 0 unspecified atom stereocenters. The molecule has 0 saturated heterocycles. The van der Waals surface area contributed by atoms with Crippen LogP contribution in [0.5, 0.6) is 0 Å². The van der Waals surface area contributed by atoms with Gasteiger partial charge in [0.2, 0.25) is 0 Å². The van der Waals surface area contributed by atoms with E-state index in [0.717, 1.165) is 30.9 Å². The molecule has 0 bridgehead atoms. The number of nitrogens with zero attached hydrogens (tertiary/aromatic N) is 5. The van der Waals surface area contributed by atoms with E-state index in [4.69, 9.17) is 0 Å². The van der Waals surface area contributed by atoms with Crippen molar-refractivity contribution < 1.29 is 0 Å². The second kappa shape index (κ2) is 5.97. The molecule has 0 amide bonds. The summed E-state index contributed by atoms with van der Waals surface area (Å²) in [7, 11) is 1.87. The highest BCUT2D eigenvalue weighted by atomic mass is 15.4. The summed E-state index contributed by atoms with van der Waals surface area (Å²) < 4.78 is 3.73. The molecule has 0 spiro atoms. The lowest BCUT2D eigenvalue weighted by Crippen LogP contribution is -2.16. The zero-order valence-electron chi connectivity index (χ0n) is 12.1. The molecular weight excluding hydrogens is 240 g/mol. The third kappa shape index (κ3) is 3.20. The van der Waals surface area contributed by atoms with Crippen LogP contribution in [0.4, 0.5) is 0 Å². The monoisotopic (exact) mass is 262 g/mol. The van der Waals surface area contributed by atoms with Crippen LogP contribution in [0.15, 0.2) is 6.20 Å². The molecule has 1 N–H and O–H groups in total. The predicted molar refractivity (Wildman–Crippen MR) is 74.1 cm³/mol. The molecule has 0 atom stereocenters. The molecule has 19 heavy (non-hydrogen) atoms. The van der Waals surface area contributed by atoms with Crippen LogP contribution in [-0.4, -0.2) is 37.9 Å². The van der Waals surface area contributed by atoms with E-state index in [2.05, 4.69) is 41.5 Å².